The van der Waals surface area contributed by atoms with Crippen LogP contribution in [0.5, 0.6) is 17.2 Å². The van der Waals surface area contributed by atoms with Crippen LogP contribution in [0.2, 0.25) is 0 Å². The molecule has 0 aliphatic rings. The van der Waals surface area contributed by atoms with Crippen molar-refractivity contribution < 1.29 is 24.3 Å². The van der Waals surface area contributed by atoms with Gasteiger partial charge in [-0.25, -0.2) is 0 Å². The zero-order chi connectivity index (χ0) is 14.3. The molecular weight excluding hydrogens is 246 g/mol. The van der Waals surface area contributed by atoms with Gasteiger partial charge in [0.05, 0.1) is 33.5 Å². The van der Waals surface area contributed by atoms with Crippen LogP contribution in [0.4, 0.5) is 0 Å². The molecule has 19 heavy (non-hydrogen) atoms. The number of ether oxygens (including phenoxy) is 4. The van der Waals surface area contributed by atoms with E-state index in [-0.39, 0.29) is 0 Å². The first-order chi connectivity index (χ1) is 9.15. The number of hydrogen-bond acceptors (Lipinski definition) is 4. The van der Waals surface area contributed by atoms with Crippen molar-refractivity contribution in [2.24, 2.45) is 0 Å². The summed E-state index contributed by atoms with van der Waals surface area (Å²) in [4.78, 5) is 0. The maximum absolute atomic E-state index is 5.39. The molecule has 2 N–H and O–H groups in total. The lowest BCUT2D eigenvalue weighted by molar-refractivity contribution is -0.702. The average Bonchev–Trinajstić information content (AvgIpc) is 2.44. The van der Waals surface area contributed by atoms with Crippen LogP contribution in [0.1, 0.15) is 12.5 Å². The molecule has 0 bridgehead atoms. The summed E-state index contributed by atoms with van der Waals surface area (Å²) in [6.45, 7) is 3.64. The summed E-state index contributed by atoms with van der Waals surface area (Å²) in [6.07, 6.45) is 0. The summed E-state index contributed by atoms with van der Waals surface area (Å²) < 4.78 is 21.1. The number of hydrogen-bond donors (Lipinski definition) is 1. The standard InChI is InChI=1S/C14H23NO4/c1-10(9-16-2)15-8-11-6-13(18-4)14(19-5)7-12(11)17-3/h6-7,10,15H,8-9H2,1-5H3/p+1/t10-/m1/s1. The molecule has 0 aliphatic carbocycles. The van der Waals surface area contributed by atoms with Crippen LogP contribution in [-0.2, 0) is 11.3 Å². The third kappa shape index (κ3) is 4.29. The summed E-state index contributed by atoms with van der Waals surface area (Å²) in [5.74, 6) is 2.19. The van der Waals surface area contributed by atoms with Crippen LogP contribution in [0.25, 0.3) is 0 Å². The Kier molecular flexibility index (Phi) is 6.45. The van der Waals surface area contributed by atoms with Crippen LogP contribution in [0.15, 0.2) is 12.1 Å². The fraction of sp³-hybridized carbons (Fsp3) is 0.571. The Morgan fingerprint density at radius 1 is 0.947 bits per heavy atom. The molecule has 0 unspecified atom stereocenters. The fourth-order valence-electron chi connectivity index (χ4n) is 1.91. The van der Waals surface area contributed by atoms with Crippen LogP contribution < -0.4 is 19.5 Å². The van der Waals surface area contributed by atoms with Crippen molar-refractivity contribution in [3.8, 4) is 17.2 Å². The molecular formula is C14H24NO4+. The van der Waals surface area contributed by atoms with Crippen LogP contribution in [0, 0.1) is 0 Å². The van der Waals surface area contributed by atoms with E-state index in [9.17, 15) is 0 Å². The van der Waals surface area contributed by atoms with E-state index < -0.39 is 0 Å². The van der Waals surface area contributed by atoms with Gasteiger partial charge in [0, 0.05) is 13.2 Å². The molecule has 1 atom stereocenters. The molecule has 0 fully saturated rings. The molecule has 1 rings (SSSR count). The SMILES string of the molecule is COC[C@@H](C)[NH2+]Cc1cc(OC)c(OC)cc1OC. The van der Waals surface area contributed by atoms with Crippen LogP contribution in [0.3, 0.4) is 0 Å². The number of benzene rings is 1. The van der Waals surface area contributed by atoms with Crippen molar-refractivity contribution in [2.75, 3.05) is 35.0 Å². The van der Waals surface area contributed by atoms with Crippen LogP contribution in [-0.4, -0.2) is 41.1 Å². The first-order valence-corrected chi connectivity index (χ1v) is 6.27. The largest absolute Gasteiger partial charge is 0.496 e. The minimum absolute atomic E-state index is 0.391. The first kappa shape index (κ1) is 15.6. The summed E-state index contributed by atoms with van der Waals surface area (Å²) in [5.41, 5.74) is 1.07. The van der Waals surface area contributed by atoms with E-state index in [1.807, 2.05) is 12.1 Å². The highest BCUT2D eigenvalue weighted by molar-refractivity contribution is 5.50. The Morgan fingerprint density at radius 2 is 1.53 bits per heavy atom. The van der Waals surface area contributed by atoms with E-state index >= 15 is 0 Å². The molecule has 1 aromatic rings. The topological polar surface area (TPSA) is 53.5 Å². The smallest absolute Gasteiger partial charge is 0.164 e. The van der Waals surface area contributed by atoms with Gasteiger partial charge in [-0.1, -0.05) is 0 Å². The molecule has 0 aliphatic heterocycles. The second kappa shape index (κ2) is 7.86. The van der Waals surface area contributed by atoms with Crippen molar-refractivity contribution in [1.29, 1.82) is 0 Å². The molecule has 0 heterocycles. The molecule has 108 valence electrons. The van der Waals surface area contributed by atoms with E-state index in [2.05, 4.69) is 12.2 Å². The predicted octanol–water partition coefficient (Wildman–Crippen LogP) is 0.811. The lowest BCUT2D eigenvalue weighted by atomic mass is 10.1. The Balaban J connectivity index is 2.86. The van der Waals surface area contributed by atoms with E-state index in [1.54, 1.807) is 28.4 Å². The molecule has 0 radical (unpaired) electrons. The molecule has 0 saturated heterocycles. The molecule has 1 aromatic carbocycles. The van der Waals surface area contributed by atoms with Gasteiger partial charge in [-0.05, 0) is 13.0 Å². The van der Waals surface area contributed by atoms with Crippen molar-refractivity contribution in [3.05, 3.63) is 17.7 Å². The molecule has 0 saturated carbocycles. The molecule has 0 spiro atoms. The number of quaternary nitrogens is 1. The van der Waals surface area contributed by atoms with E-state index in [4.69, 9.17) is 18.9 Å². The second-order valence-electron chi connectivity index (χ2n) is 4.39. The third-order valence-corrected chi connectivity index (χ3v) is 2.96. The van der Waals surface area contributed by atoms with Crippen molar-refractivity contribution >= 4 is 0 Å². The summed E-state index contributed by atoms with van der Waals surface area (Å²) >= 11 is 0. The second-order valence-corrected chi connectivity index (χ2v) is 4.39. The highest BCUT2D eigenvalue weighted by atomic mass is 16.5. The van der Waals surface area contributed by atoms with E-state index in [0.717, 1.165) is 24.5 Å². The van der Waals surface area contributed by atoms with Gasteiger partial charge in [-0.15, -0.1) is 0 Å². The minimum Gasteiger partial charge on any atom is -0.496 e. The Labute approximate surface area is 114 Å². The minimum atomic E-state index is 0.391. The monoisotopic (exact) mass is 270 g/mol. The highest BCUT2D eigenvalue weighted by Gasteiger charge is 2.14. The summed E-state index contributed by atoms with van der Waals surface area (Å²) in [6, 6.07) is 4.19. The Hall–Kier alpha value is -1.46. The maximum atomic E-state index is 5.39. The van der Waals surface area contributed by atoms with Gasteiger partial charge >= 0.3 is 0 Å². The van der Waals surface area contributed by atoms with Crippen molar-refractivity contribution in [3.63, 3.8) is 0 Å². The van der Waals surface area contributed by atoms with Gasteiger partial charge in [0.2, 0.25) is 0 Å². The number of rotatable bonds is 8. The lowest BCUT2D eigenvalue weighted by Gasteiger charge is -2.15. The Bertz CT molecular complexity index is 395. The predicted molar refractivity (Wildman–Crippen MR) is 73.1 cm³/mol. The molecule has 0 amide bonds. The average molecular weight is 270 g/mol. The molecule has 5 heteroatoms. The fourth-order valence-corrected chi connectivity index (χ4v) is 1.91. The summed E-state index contributed by atoms with van der Waals surface area (Å²) in [5, 5.41) is 2.20. The van der Waals surface area contributed by atoms with E-state index in [0.29, 0.717) is 17.5 Å². The first-order valence-electron chi connectivity index (χ1n) is 6.27. The zero-order valence-corrected chi connectivity index (χ0v) is 12.4. The molecule has 5 nitrogen and oxygen atoms in total. The van der Waals surface area contributed by atoms with Gasteiger partial charge in [-0.2, -0.15) is 0 Å². The normalized spacial score (nSPS) is 12.1. The lowest BCUT2D eigenvalue weighted by Crippen LogP contribution is -2.88. The van der Waals surface area contributed by atoms with Gasteiger partial charge in [-0.3, -0.25) is 0 Å². The van der Waals surface area contributed by atoms with Gasteiger partial charge in [0.15, 0.2) is 11.5 Å². The summed E-state index contributed by atoms with van der Waals surface area (Å²) in [7, 11) is 6.61. The van der Waals surface area contributed by atoms with Gasteiger partial charge < -0.3 is 24.3 Å². The van der Waals surface area contributed by atoms with Gasteiger partial charge in [0.25, 0.3) is 0 Å². The van der Waals surface area contributed by atoms with Gasteiger partial charge in [0.1, 0.15) is 18.3 Å². The quantitative estimate of drug-likeness (QED) is 0.759. The third-order valence-electron chi connectivity index (χ3n) is 2.96. The zero-order valence-electron chi connectivity index (χ0n) is 12.4. The molecule has 0 aromatic heterocycles. The van der Waals surface area contributed by atoms with Crippen LogP contribution >= 0.6 is 0 Å². The maximum Gasteiger partial charge on any atom is 0.164 e. The van der Waals surface area contributed by atoms with E-state index in [1.165, 1.54) is 0 Å². The van der Waals surface area contributed by atoms with Crippen molar-refractivity contribution in [2.45, 2.75) is 19.5 Å². The highest BCUT2D eigenvalue weighted by Crippen LogP contribution is 2.34. The number of nitrogens with two attached hydrogens (primary N) is 1. The van der Waals surface area contributed by atoms with Crippen molar-refractivity contribution in [1.82, 2.24) is 0 Å². The Morgan fingerprint density at radius 3 is 2.05 bits per heavy atom. The number of methoxy groups -OCH3 is 4.